The number of ether oxygens (including phenoxy) is 2. The Hall–Kier alpha value is -1.57. The number of nitrogens with one attached hydrogen (secondary N) is 1. The van der Waals surface area contributed by atoms with Crippen molar-refractivity contribution in [2.45, 2.75) is 18.9 Å². The van der Waals surface area contributed by atoms with Crippen LogP contribution in [0.2, 0.25) is 0 Å². The van der Waals surface area contributed by atoms with E-state index in [0.717, 1.165) is 26.1 Å². The second-order valence-electron chi connectivity index (χ2n) is 4.30. The van der Waals surface area contributed by atoms with Crippen LogP contribution in [0.1, 0.15) is 18.4 Å². The average Bonchev–Trinajstić information content (AvgIpc) is 2.92. The van der Waals surface area contributed by atoms with E-state index in [-0.39, 0.29) is 0 Å². The van der Waals surface area contributed by atoms with Crippen molar-refractivity contribution in [2.24, 2.45) is 0 Å². The fourth-order valence-corrected chi connectivity index (χ4v) is 1.99. The van der Waals surface area contributed by atoms with Crippen LogP contribution in [0.25, 0.3) is 0 Å². The molecule has 0 spiro atoms. The normalized spacial score (nSPS) is 18.5. The summed E-state index contributed by atoms with van der Waals surface area (Å²) < 4.78 is 11.1. The first-order valence-electron chi connectivity index (χ1n) is 6.34. The third-order valence-corrected chi connectivity index (χ3v) is 2.94. The maximum absolute atomic E-state index is 8.90. The molecule has 1 aromatic carbocycles. The van der Waals surface area contributed by atoms with Crippen molar-refractivity contribution in [1.82, 2.24) is 5.32 Å². The zero-order valence-electron chi connectivity index (χ0n) is 10.4. The molecule has 1 aliphatic heterocycles. The number of rotatable bonds is 6. The van der Waals surface area contributed by atoms with Gasteiger partial charge in [0, 0.05) is 19.7 Å². The van der Waals surface area contributed by atoms with Crippen molar-refractivity contribution in [2.75, 3.05) is 26.3 Å². The molecule has 1 aliphatic rings. The second-order valence-corrected chi connectivity index (χ2v) is 4.30. The monoisotopic (exact) mass is 246 g/mol. The number of nitrogens with zero attached hydrogens (tertiary/aromatic N) is 1. The molecule has 0 saturated carbocycles. The number of para-hydroxylation sites is 1. The molecule has 18 heavy (non-hydrogen) atoms. The van der Waals surface area contributed by atoms with Gasteiger partial charge in [0.1, 0.15) is 18.4 Å². The van der Waals surface area contributed by atoms with Crippen LogP contribution in [0.5, 0.6) is 5.75 Å². The molecule has 0 amide bonds. The van der Waals surface area contributed by atoms with Gasteiger partial charge in [-0.05, 0) is 25.0 Å². The number of nitriles is 1. The molecule has 0 radical (unpaired) electrons. The van der Waals surface area contributed by atoms with E-state index in [2.05, 4.69) is 11.4 Å². The first-order valence-corrected chi connectivity index (χ1v) is 6.34. The lowest BCUT2D eigenvalue weighted by Crippen LogP contribution is -2.29. The van der Waals surface area contributed by atoms with Crippen molar-refractivity contribution in [3.05, 3.63) is 29.8 Å². The quantitative estimate of drug-likeness (QED) is 0.776. The second kappa shape index (κ2) is 7.00. The molecule has 0 aromatic heterocycles. The van der Waals surface area contributed by atoms with E-state index in [4.69, 9.17) is 14.7 Å². The molecule has 4 heteroatoms. The highest BCUT2D eigenvalue weighted by atomic mass is 16.5. The molecule has 96 valence electrons. The molecule has 1 heterocycles. The SMILES string of the molecule is N#Cc1ccccc1OCCNC[C@@H]1CCCO1. The topological polar surface area (TPSA) is 54.3 Å². The minimum atomic E-state index is 0.358. The Bertz CT molecular complexity index is 409. The Kier molecular flexibility index (Phi) is 5.00. The van der Waals surface area contributed by atoms with Crippen molar-refractivity contribution in [3.8, 4) is 11.8 Å². The van der Waals surface area contributed by atoms with Gasteiger partial charge in [0.25, 0.3) is 0 Å². The van der Waals surface area contributed by atoms with Crippen molar-refractivity contribution in [3.63, 3.8) is 0 Å². The van der Waals surface area contributed by atoms with E-state index in [1.165, 1.54) is 6.42 Å². The third-order valence-electron chi connectivity index (χ3n) is 2.94. The summed E-state index contributed by atoms with van der Waals surface area (Å²) in [6.07, 6.45) is 2.67. The highest BCUT2D eigenvalue weighted by molar-refractivity contribution is 5.42. The van der Waals surface area contributed by atoms with Gasteiger partial charge in [-0.3, -0.25) is 0 Å². The van der Waals surface area contributed by atoms with E-state index < -0.39 is 0 Å². The number of hydrogen-bond donors (Lipinski definition) is 1. The van der Waals surface area contributed by atoms with Crippen LogP contribution in [-0.4, -0.2) is 32.4 Å². The van der Waals surface area contributed by atoms with Gasteiger partial charge in [0.05, 0.1) is 11.7 Å². The lowest BCUT2D eigenvalue weighted by Gasteiger charge is -2.11. The van der Waals surface area contributed by atoms with Crippen LogP contribution >= 0.6 is 0 Å². The minimum absolute atomic E-state index is 0.358. The van der Waals surface area contributed by atoms with Crippen LogP contribution in [0, 0.1) is 11.3 Å². The van der Waals surface area contributed by atoms with Crippen LogP contribution in [0.4, 0.5) is 0 Å². The highest BCUT2D eigenvalue weighted by Crippen LogP contribution is 2.16. The van der Waals surface area contributed by atoms with Gasteiger partial charge >= 0.3 is 0 Å². The van der Waals surface area contributed by atoms with Crippen LogP contribution < -0.4 is 10.1 Å². The zero-order valence-corrected chi connectivity index (χ0v) is 10.4. The van der Waals surface area contributed by atoms with Crippen LogP contribution in [0.15, 0.2) is 24.3 Å². The molecule has 0 unspecified atom stereocenters. The predicted octanol–water partition coefficient (Wildman–Crippen LogP) is 1.71. The predicted molar refractivity (Wildman–Crippen MR) is 68.5 cm³/mol. The Labute approximate surface area is 108 Å². The van der Waals surface area contributed by atoms with E-state index >= 15 is 0 Å². The summed E-state index contributed by atoms with van der Waals surface area (Å²) >= 11 is 0. The van der Waals surface area contributed by atoms with Gasteiger partial charge < -0.3 is 14.8 Å². The standard InChI is InChI=1S/C14H18N2O2/c15-10-12-4-1-2-6-14(12)18-9-7-16-11-13-5-3-8-17-13/h1-2,4,6,13,16H,3,5,7-9,11H2/t13-/m0/s1. The maximum atomic E-state index is 8.90. The smallest absolute Gasteiger partial charge is 0.137 e. The molecular weight excluding hydrogens is 228 g/mol. The summed E-state index contributed by atoms with van der Waals surface area (Å²) in [4.78, 5) is 0. The third kappa shape index (κ3) is 3.73. The summed E-state index contributed by atoms with van der Waals surface area (Å²) in [6, 6.07) is 9.40. The van der Waals surface area contributed by atoms with Gasteiger partial charge in [-0.1, -0.05) is 12.1 Å². The highest BCUT2D eigenvalue weighted by Gasteiger charge is 2.14. The molecule has 1 atom stereocenters. The van der Waals surface area contributed by atoms with Crippen LogP contribution in [-0.2, 0) is 4.74 Å². The van der Waals surface area contributed by atoms with Gasteiger partial charge in [-0.25, -0.2) is 0 Å². The minimum Gasteiger partial charge on any atom is -0.491 e. The molecular formula is C14H18N2O2. The summed E-state index contributed by atoms with van der Waals surface area (Å²) in [5.41, 5.74) is 0.580. The van der Waals surface area contributed by atoms with E-state index in [0.29, 0.717) is 24.0 Å². The summed E-state index contributed by atoms with van der Waals surface area (Å²) in [6.45, 7) is 3.09. The molecule has 1 N–H and O–H groups in total. The van der Waals surface area contributed by atoms with Gasteiger partial charge in [0.15, 0.2) is 0 Å². The van der Waals surface area contributed by atoms with E-state index in [9.17, 15) is 0 Å². The van der Waals surface area contributed by atoms with Gasteiger partial charge in [-0.15, -0.1) is 0 Å². The Balaban J connectivity index is 1.64. The van der Waals surface area contributed by atoms with Gasteiger partial charge in [-0.2, -0.15) is 5.26 Å². The van der Waals surface area contributed by atoms with Crippen molar-refractivity contribution < 1.29 is 9.47 Å². The lowest BCUT2D eigenvalue weighted by molar-refractivity contribution is 0.109. The first-order chi connectivity index (χ1) is 8.90. The molecule has 1 aromatic rings. The number of benzene rings is 1. The average molecular weight is 246 g/mol. The molecule has 1 fully saturated rings. The van der Waals surface area contributed by atoms with Crippen LogP contribution in [0.3, 0.4) is 0 Å². The zero-order chi connectivity index (χ0) is 12.6. The Morgan fingerprint density at radius 3 is 3.11 bits per heavy atom. The maximum Gasteiger partial charge on any atom is 0.137 e. The lowest BCUT2D eigenvalue weighted by atomic mass is 10.2. The summed E-state index contributed by atoms with van der Waals surface area (Å²) in [5.74, 6) is 0.652. The Morgan fingerprint density at radius 1 is 1.44 bits per heavy atom. The molecule has 4 nitrogen and oxygen atoms in total. The molecule has 1 saturated heterocycles. The largest absolute Gasteiger partial charge is 0.491 e. The number of hydrogen-bond acceptors (Lipinski definition) is 4. The van der Waals surface area contributed by atoms with Gasteiger partial charge in [0.2, 0.25) is 0 Å². The Morgan fingerprint density at radius 2 is 2.33 bits per heavy atom. The van der Waals surface area contributed by atoms with E-state index in [1.807, 2.05) is 18.2 Å². The van der Waals surface area contributed by atoms with Crippen molar-refractivity contribution in [1.29, 1.82) is 5.26 Å². The summed E-state index contributed by atoms with van der Waals surface area (Å²) in [7, 11) is 0. The molecule has 2 rings (SSSR count). The summed E-state index contributed by atoms with van der Waals surface area (Å²) in [5, 5.41) is 12.2. The first kappa shape index (κ1) is 12.9. The fraction of sp³-hybridized carbons (Fsp3) is 0.500. The molecule has 0 bridgehead atoms. The van der Waals surface area contributed by atoms with E-state index in [1.54, 1.807) is 6.07 Å². The fourth-order valence-electron chi connectivity index (χ4n) is 1.99. The molecule has 0 aliphatic carbocycles. The van der Waals surface area contributed by atoms with Crippen molar-refractivity contribution >= 4 is 0 Å².